The second-order valence-electron chi connectivity index (χ2n) is 9.56. The Morgan fingerprint density at radius 3 is 2.47 bits per heavy atom. The molecule has 2 aliphatic rings. The molecule has 3 amide bonds. The fraction of sp³-hybridized carbons (Fsp3) is 0.464. The fourth-order valence-electron chi connectivity index (χ4n) is 5.21. The van der Waals surface area contributed by atoms with Crippen LogP contribution >= 0.6 is 0 Å². The van der Waals surface area contributed by atoms with Gasteiger partial charge in [0.25, 0.3) is 5.91 Å². The zero-order valence-electron chi connectivity index (χ0n) is 21.2. The number of methoxy groups -OCH3 is 1. The van der Waals surface area contributed by atoms with Crippen molar-refractivity contribution in [1.82, 2.24) is 9.80 Å². The highest BCUT2D eigenvalue weighted by molar-refractivity contribution is 5.99. The number of rotatable bonds is 9. The molecule has 8 nitrogen and oxygen atoms in total. The van der Waals surface area contributed by atoms with Crippen molar-refractivity contribution in [1.29, 1.82) is 0 Å². The van der Waals surface area contributed by atoms with E-state index in [1.807, 2.05) is 41.3 Å². The molecule has 4 rings (SSSR count). The minimum atomic E-state index is -0.752. The number of piperidine rings is 1. The van der Waals surface area contributed by atoms with Crippen LogP contribution in [-0.2, 0) is 14.4 Å². The fourth-order valence-corrected chi connectivity index (χ4v) is 5.21. The number of unbranched alkanes of at least 4 members (excludes halogenated alkanes) is 2. The van der Waals surface area contributed by atoms with Gasteiger partial charge in [0, 0.05) is 37.0 Å². The molecule has 36 heavy (non-hydrogen) atoms. The lowest BCUT2D eigenvalue weighted by Gasteiger charge is -2.43. The lowest BCUT2D eigenvalue weighted by molar-refractivity contribution is -0.139. The molecule has 192 valence electrons. The first kappa shape index (κ1) is 25.5. The topological polar surface area (TPSA) is 82.2 Å². The molecule has 2 saturated heterocycles. The molecule has 0 saturated carbocycles. The third-order valence-corrected chi connectivity index (χ3v) is 7.21. The summed E-state index contributed by atoms with van der Waals surface area (Å²) >= 11 is 0. The molecule has 1 N–H and O–H groups in total. The van der Waals surface area contributed by atoms with Crippen LogP contribution in [-0.4, -0.2) is 66.5 Å². The third-order valence-electron chi connectivity index (χ3n) is 7.21. The van der Waals surface area contributed by atoms with Gasteiger partial charge in [0.2, 0.25) is 11.8 Å². The number of para-hydroxylation sites is 1. The zero-order chi connectivity index (χ0) is 25.5. The van der Waals surface area contributed by atoms with Crippen LogP contribution in [0.2, 0.25) is 0 Å². The van der Waals surface area contributed by atoms with Crippen LogP contribution in [0.15, 0.2) is 54.6 Å². The first-order chi connectivity index (χ1) is 17.5. The smallest absolute Gasteiger partial charge is 0.250 e. The van der Waals surface area contributed by atoms with E-state index in [0.29, 0.717) is 50.5 Å². The second-order valence-corrected chi connectivity index (χ2v) is 9.56. The van der Waals surface area contributed by atoms with Crippen LogP contribution in [0, 0.1) is 0 Å². The molecule has 0 radical (unpaired) electrons. The van der Waals surface area contributed by atoms with Gasteiger partial charge in [-0.3, -0.25) is 14.4 Å². The van der Waals surface area contributed by atoms with Crippen molar-refractivity contribution < 1.29 is 19.1 Å². The SMILES string of the molecule is CCCCCC(=O)N1CCC2(CC1)C(=O)N(CC(=O)Nc1cccc(OC)c1)CN2c1ccccc1. The maximum absolute atomic E-state index is 13.8. The molecule has 2 aromatic carbocycles. The van der Waals surface area contributed by atoms with Gasteiger partial charge < -0.3 is 24.8 Å². The van der Waals surface area contributed by atoms with E-state index in [1.54, 1.807) is 30.2 Å². The molecular formula is C28H36N4O4. The van der Waals surface area contributed by atoms with Gasteiger partial charge in [-0.2, -0.15) is 0 Å². The summed E-state index contributed by atoms with van der Waals surface area (Å²) in [5, 5.41) is 2.87. The highest BCUT2D eigenvalue weighted by Crippen LogP contribution is 2.39. The standard InChI is InChI=1S/C28H36N4O4/c1-3-4-6-14-26(34)30-17-15-28(16-18-30)27(35)31(21-32(28)23-11-7-5-8-12-23)20-25(33)29-22-10-9-13-24(19-22)36-2/h5,7-13,19H,3-4,6,14-18,20-21H2,1-2H3,(H,29,33). The number of nitrogens with one attached hydrogen (secondary N) is 1. The van der Waals surface area contributed by atoms with Gasteiger partial charge in [0.1, 0.15) is 17.8 Å². The maximum Gasteiger partial charge on any atom is 0.250 e. The number of benzene rings is 2. The highest BCUT2D eigenvalue weighted by Gasteiger charge is 2.54. The van der Waals surface area contributed by atoms with E-state index < -0.39 is 5.54 Å². The Balaban J connectivity index is 1.47. The van der Waals surface area contributed by atoms with Crippen molar-refractivity contribution in [3.05, 3.63) is 54.6 Å². The van der Waals surface area contributed by atoms with Crippen molar-refractivity contribution in [2.45, 2.75) is 51.0 Å². The van der Waals surface area contributed by atoms with E-state index in [2.05, 4.69) is 17.1 Å². The van der Waals surface area contributed by atoms with E-state index in [4.69, 9.17) is 4.74 Å². The maximum atomic E-state index is 13.8. The number of hydrogen-bond acceptors (Lipinski definition) is 5. The quantitative estimate of drug-likeness (QED) is 0.537. The van der Waals surface area contributed by atoms with Crippen molar-refractivity contribution in [3.63, 3.8) is 0 Å². The van der Waals surface area contributed by atoms with Crippen LogP contribution in [0.4, 0.5) is 11.4 Å². The van der Waals surface area contributed by atoms with Gasteiger partial charge in [-0.15, -0.1) is 0 Å². The van der Waals surface area contributed by atoms with Crippen LogP contribution < -0.4 is 15.0 Å². The number of likely N-dealkylation sites (tertiary alicyclic amines) is 1. The lowest BCUT2D eigenvalue weighted by atomic mass is 9.85. The Hall–Kier alpha value is -3.55. The molecule has 0 unspecified atom stereocenters. The Kier molecular flexibility index (Phi) is 8.13. The zero-order valence-corrected chi connectivity index (χ0v) is 21.2. The van der Waals surface area contributed by atoms with Gasteiger partial charge in [-0.25, -0.2) is 0 Å². The van der Waals surface area contributed by atoms with Crippen molar-refractivity contribution in [2.75, 3.05) is 43.6 Å². The van der Waals surface area contributed by atoms with Gasteiger partial charge in [0.15, 0.2) is 0 Å². The summed E-state index contributed by atoms with van der Waals surface area (Å²) in [6.45, 7) is 3.51. The number of carbonyl (C=O) groups excluding carboxylic acids is 3. The molecule has 2 fully saturated rings. The molecule has 8 heteroatoms. The number of hydrogen-bond donors (Lipinski definition) is 1. The summed E-state index contributed by atoms with van der Waals surface area (Å²) < 4.78 is 5.23. The largest absolute Gasteiger partial charge is 0.497 e. The van der Waals surface area contributed by atoms with Crippen LogP contribution in [0.5, 0.6) is 5.75 Å². The Morgan fingerprint density at radius 2 is 1.78 bits per heavy atom. The van der Waals surface area contributed by atoms with E-state index >= 15 is 0 Å². The van der Waals surface area contributed by atoms with E-state index in [1.165, 1.54) is 0 Å². The molecule has 1 spiro atoms. The van der Waals surface area contributed by atoms with Crippen LogP contribution in [0.1, 0.15) is 45.4 Å². The number of carbonyl (C=O) groups is 3. The number of nitrogens with zero attached hydrogens (tertiary/aromatic N) is 3. The van der Waals surface area contributed by atoms with Crippen LogP contribution in [0.25, 0.3) is 0 Å². The van der Waals surface area contributed by atoms with E-state index in [0.717, 1.165) is 24.9 Å². The molecular weight excluding hydrogens is 456 g/mol. The number of amides is 3. The second kappa shape index (κ2) is 11.5. The average molecular weight is 493 g/mol. The molecule has 2 aliphatic heterocycles. The summed E-state index contributed by atoms with van der Waals surface area (Å²) in [6, 6.07) is 17.0. The molecule has 2 aromatic rings. The summed E-state index contributed by atoms with van der Waals surface area (Å²) in [7, 11) is 1.57. The van der Waals surface area contributed by atoms with Gasteiger partial charge in [-0.1, -0.05) is 44.0 Å². The van der Waals surface area contributed by atoms with Gasteiger partial charge >= 0.3 is 0 Å². The molecule has 0 aromatic heterocycles. The highest BCUT2D eigenvalue weighted by atomic mass is 16.5. The molecule has 2 heterocycles. The van der Waals surface area contributed by atoms with Gasteiger partial charge in [-0.05, 0) is 43.5 Å². The Labute approximate surface area is 213 Å². The number of ether oxygens (including phenoxy) is 1. The minimum absolute atomic E-state index is 0.0409. The lowest BCUT2D eigenvalue weighted by Crippen LogP contribution is -2.57. The monoisotopic (exact) mass is 492 g/mol. The summed E-state index contributed by atoms with van der Waals surface area (Å²) in [5.41, 5.74) is 0.817. The van der Waals surface area contributed by atoms with E-state index in [-0.39, 0.29) is 24.3 Å². The third kappa shape index (κ3) is 5.48. The van der Waals surface area contributed by atoms with E-state index in [9.17, 15) is 14.4 Å². The van der Waals surface area contributed by atoms with Crippen molar-refractivity contribution in [2.24, 2.45) is 0 Å². The average Bonchev–Trinajstić information content (AvgIpc) is 3.15. The number of anilines is 2. The minimum Gasteiger partial charge on any atom is -0.497 e. The first-order valence-corrected chi connectivity index (χ1v) is 12.8. The normalized spacial score (nSPS) is 16.9. The van der Waals surface area contributed by atoms with Crippen molar-refractivity contribution in [3.8, 4) is 5.75 Å². The van der Waals surface area contributed by atoms with Gasteiger partial charge in [0.05, 0.1) is 13.8 Å². The molecule has 0 aliphatic carbocycles. The molecule has 0 atom stereocenters. The predicted molar refractivity (Wildman–Crippen MR) is 140 cm³/mol. The first-order valence-electron chi connectivity index (χ1n) is 12.8. The Bertz CT molecular complexity index is 1070. The predicted octanol–water partition coefficient (Wildman–Crippen LogP) is 3.88. The summed E-state index contributed by atoms with van der Waals surface area (Å²) in [6.07, 6.45) is 4.70. The molecule has 0 bridgehead atoms. The summed E-state index contributed by atoms with van der Waals surface area (Å²) in [5.74, 6) is 0.509. The summed E-state index contributed by atoms with van der Waals surface area (Å²) in [4.78, 5) is 45.0. The Morgan fingerprint density at radius 1 is 1.03 bits per heavy atom. The van der Waals surface area contributed by atoms with Crippen molar-refractivity contribution >= 4 is 29.1 Å². The van der Waals surface area contributed by atoms with Crippen LogP contribution in [0.3, 0.4) is 0 Å².